The SMILES string of the molecule is Cc1nc(CC(C)C)oc1C(=O)N[C@H]1CS(=O)(=O)c2ccccc21. The summed E-state index contributed by atoms with van der Waals surface area (Å²) in [5.74, 6) is 0.460. The number of nitrogens with one attached hydrogen (secondary N) is 1. The van der Waals surface area contributed by atoms with Gasteiger partial charge in [-0.1, -0.05) is 32.0 Å². The van der Waals surface area contributed by atoms with Crippen molar-refractivity contribution < 1.29 is 17.6 Å². The van der Waals surface area contributed by atoms with Gasteiger partial charge in [0.05, 0.1) is 22.4 Å². The van der Waals surface area contributed by atoms with E-state index in [0.717, 1.165) is 0 Å². The number of aromatic nitrogens is 1. The molecule has 1 aromatic carbocycles. The van der Waals surface area contributed by atoms with E-state index in [9.17, 15) is 13.2 Å². The van der Waals surface area contributed by atoms with Crippen LogP contribution in [0.2, 0.25) is 0 Å². The van der Waals surface area contributed by atoms with Crippen LogP contribution in [0.25, 0.3) is 0 Å². The van der Waals surface area contributed by atoms with Crippen LogP contribution in [0.4, 0.5) is 0 Å². The fraction of sp³-hybridized carbons (Fsp3) is 0.412. The second-order valence-corrected chi connectivity index (χ2v) is 8.47. The Morgan fingerprint density at radius 2 is 2.08 bits per heavy atom. The molecule has 1 aliphatic rings. The van der Waals surface area contributed by atoms with Gasteiger partial charge in [-0.25, -0.2) is 13.4 Å². The van der Waals surface area contributed by atoms with Gasteiger partial charge in [0, 0.05) is 6.42 Å². The highest BCUT2D eigenvalue weighted by atomic mass is 32.2. The fourth-order valence-electron chi connectivity index (χ4n) is 2.89. The number of amides is 1. The molecule has 0 saturated carbocycles. The molecule has 6 nitrogen and oxygen atoms in total. The predicted molar refractivity (Wildman–Crippen MR) is 88.5 cm³/mol. The molecule has 0 fully saturated rings. The average molecular weight is 348 g/mol. The minimum absolute atomic E-state index is 0.135. The highest BCUT2D eigenvalue weighted by Crippen LogP contribution is 2.33. The second kappa shape index (κ2) is 6.05. The normalized spacial score (nSPS) is 18.6. The van der Waals surface area contributed by atoms with Crippen LogP contribution < -0.4 is 5.32 Å². The molecule has 0 bridgehead atoms. The standard InChI is InChI=1S/C17H20N2O4S/c1-10(2)8-15-18-11(3)16(23-15)17(20)19-13-9-24(21,22)14-7-5-4-6-12(13)14/h4-7,10,13H,8-9H2,1-3H3,(H,19,20)/t13-/m0/s1. The van der Waals surface area contributed by atoms with Gasteiger partial charge in [0.2, 0.25) is 5.76 Å². The second-order valence-electron chi connectivity index (χ2n) is 6.47. The molecule has 1 amide bonds. The van der Waals surface area contributed by atoms with Gasteiger partial charge in [-0.05, 0) is 24.5 Å². The first kappa shape index (κ1) is 16.7. The summed E-state index contributed by atoms with van der Waals surface area (Å²) in [4.78, 5) is 17.1. The molecular weight excluding hydrogens is 328 g/mol. The highest BCUT2D eigenvalue weighted by Gasteiger charge is 2.36. The Morgan fingerprint density at radius 3 is 2.79 bits per heavy atom. The number of rotatable bonds is 4. The molecule has 24 heavy (non-hydrogen) atoms. The van der Waals surface area contributed by atoms with Gasteiger partial charge in [-0.3, -0.25) is 4.79 Å². The minimum Gasteiger partial charge on any atom is -0.435 e. The van der Waals surface area contributed by atoms with Crippen molar-refractivity contribution in [1.29, 1.82) is 0 Å². The number of fused-ring (bicyclic) bond motifs is 1. The van der Waals surface area contributed by atoms with E-state index in [4.69, 9.17) is 4.42 Å². The average Bonchev–Trinajstić information content (AvgIpc) is 2.97. The Hall–Kier alpha value is -2.15. The molecule has 0 unspecified atom stereocenters. The molecule has 2 heterocycles. The van der Waals surface area contributed by atoms with E-state index in [0.29, 0.717) is 29.5 Å². The molecular formula is C17H20N2O4S. The smallest absolute Gasteiger partial charge is 0.289 e. The zero-order valence-corrected chi connectivity index (χ0v) is 14.7. The summed E-state index contributed by atoms with van der Waals surface area (Å²) in [5.41, 5.74) is 1.13. The molecule has 1 N–H and O–H groups in total. The molecule has 1 aromatic heterocycles. The van der Waals surface area contributed by atoms with Crippen molar-refractivity contribution in [2.45, 2.75) is 38.1 Å². The van der Waals surface area contributed by atoms with Gasteiger partial charge in [-0.2, -0.15) is 0 Å². The molecule has 1 atom stereocenters. The maximum absolute atomic E-state index is 12.5. The quantitative estimate of drug-likeness (QED) is 0.916. The van der Waals surface area contributed by atoms with Crippen molar-refractivity contribution >= 4 is 15.7 Å². The molecule has 0 aliphatic carbocycles. The number of hydrogen-bond acceptors (Lipinski definition) is 5. The Bertz CT molecular complexity index is 884. The largest absolute Gasteiger partial charge is 0.435 e. The fourth-order valence-corrected chi connectivity index (χ4v) is 4.63. The van der Waals surface area contributed by atoms with Gasteiger partial charge in [-0.15, -0.1) is 0 Å². The number of nitrogens with zero attached hydrogens (tertiary/aromatic N) is 1. The number of oxazole rings is 1. The summed E-state index contributed by atoms with van der Waals surface area (Å²) in [5, 5.41) is 2.76. The van der Waals surface area contributed by atoms with Crippen LogP contribution >= 0.6 is 0 Å². The number of hydrogen-bond donors (Lipinski definition) is 1. The molecule has 0 saturated heterocycles. The first-order valence-electron chi connectivity index (χ1n) is 7.87. The third-order valence-corrected chi connectivity index (χ3v) is 5.76. The lowest BCUT2D eigenvalue weighted by molar-refractivity contribution is 0.0909. The Balaban J connectivity index is 1.83. The first-order valence-corrected chi connectivity index (χ1v) is 9.52. The van der Waals surface area contributed by atoms with Crippen LogP contribution in [0.5, 0.6) is 0 Å². The molecule has 7 heteroatoms. The van der Waals surface area contributed by atoms with E-state index in [-0.39, 0.29) is 16.4 Å². The van der Waals surface area contributed by atoms with E-state index < -0.39 is 21.8 Å². The Morgan fingerprint density at radius 1 is 1.38 bits per heavy atom. The van der Waals surface area contributed by atoms with E-state index in [1.165, 1.54) is 0 Å². The van der Waals surface area contributed by atoms with Crippen LogP contribution in [-0.4, -0.2) is 25.1 Å². The van der Waals surface area contributed by atoms with Gasteiger partial charge >= 0.3 is 0 Å². The van der Waals surface area contributed by atoms with Gasteiger partial charge in [0.15, 0.2) is 15.7 Å². The third-order valence-electron chi connectivity index (χ3n) is 3.95. The van der Waals surface area contributed by atoms with Crippen LogP contribution in [-0.2, 0) is 16.3 Å². The maximum Gasteiger partial charge on any atom is 0.289 e. The van der Waals surface area contributed by atoms with Crippen LogP contribution in [0.15, 0.2) is 33.6 Å². The highest BCUT2D eigenvalue weighted by molar-refractivity contribution is 7.91. The summed E-state index contributed by atoms with van der Waals surface area (Å²) in [6.45, 7) is 5.79. The lowest BCUT2D eigenvalue weighted by Crippen LogP contribution is -2.29. The molecule has 0 radical (unpaired) electrons. The molecule has 3 rings (SSSR count). The lowest BCUT2D eigenvalue weighted by Gasteiger charge is -2.11. The van der Waals surface area contributed by atoms with Gasteiger partial charge in [0.1, 0.15) is 0 Å². The maximum atomic E-state index is 12.5. The summed E-state index contributed by atoms with van der Waals surface area (Å²) in [7, 11) is -3.36. The number of benzene rings is 1. The van der Waals surface area contributed by atoms with Crippen LogP contribution in [0, 0.1) is 12.8 Å². The van der Waals surface area contributed by atoms with Crippen LogP contribution in [0.3, 0.4) is 0 Å². The minimum atomic E-state index is -3.36. The number of sulfone groups is 1. The van der Waals surface area contributed by atoms with Crippen molar-refractivity contribution in [3.63, 3.8) is 0 Å². The van der Waals surface area contributed by atoms with Crippen LogP contribution in [0.1, 0.15) is 47.6 Å². The van der Waals surface area contributed by atoms with Crippen molar-refractivity contribution in [2.75, 3.05) is 5.75 Å². The predicted octanol–water partition coefficient (Wildman–Crippen LogP) is 2.44. The Kier molecular flexibility index (Phi) is 4.21. The monoisotopic (exact) mass is 348 g/mol. The summed E-state index contributed by atoms with van der Waals surface area (Å²) in [6.07, 6.45) is 0.648. The topological polar surface area (TPSA) is 89.3 Å². The number of carbonyl (C=O) groups excluding carboxylic acids is 1. The Labute approximate surface area is 141 Å². The number of aryl methyl sites for hydroxylation is 1. The van der Waals surface area contributed by atoms with Gasteiger partial charge in [0.25, 0.3) is 5.91 Å². The molecule has 128 valence electrons. The summed E-state index contributed by atoms with van der Waals surface area (Å²) >= 11 is 0. The number of carbonyl (C=O) groups is 1. The van der Waals surface area contributed by atoms with Crippen molar-refractivity contribution in [2.24, 2.45) is 5.92 Å². The van der Waals surface area contributed by atoms with E-state index in [2.05, 4.69) is 10.3 Å². The summed E-state index contributed by atoms with van der Waals surface area (Å²) in [6, 6.07) is 6.16. The zero-order valence-electron chi connectivity index (χ0n) is 13.9. The zero-order chi connectivity index (χ0) is 17.5. The third kappa shape index (κ3) is 3.08. The van der Waals surface area contributed by atoms with Crippen molar-refractivity contribution in [1.82, 2.24) is 10.3 Å². The van der Waals surface area contributed by atoms with Crippen molar-refractivity contribution in [3.05, 3.63) is 47.2 Å². The first-order chi connectivity index (χ1) is 11.3. The van der Waals surface area contributed by atoms with Crippen molar-refractivity contribution in [3.8, 4) is 0 Å². The summed E-state index contributed by atoms with van der Waals surface area (Å²) < 4.78 is 29.9. The molecule has 1 aliphatic heterocycles. The van der Waals surface area contributed by atoms with E-state index >= 15 is 0 Å². The molecule has 0 spiro atoms. The molecule has 2 aromatic rings. The van der Waals surface area contributed by atoms with E-state index in [1.807, 2.05) is 13.8 Å². The lowest BCUT2D eigenvalue weighted by atomic mass is 10.1. The van der Waals surface area contributed by atoms with E-state index in [1.54, 1.807) is 31.2 Å². The van der Waals surface area contributed by atoms with Gasteiger partial charge < -0.3 is 9.73 Å².